The Morgan fingerprint density at radius 3 is 1.64 bits per heavy atom. The first-order valence-corrected chi connectivity index (χ1v) is 21.3. The summed E-state index contributed by atoms with van der Waals surface area (Å²) in [5, 5.41) is 17.6. The monoisotopic (exact) mass is 771 g/mol. The van der Waals surface area contributed by atoms with Gasteiger partial charge in [0.25, 0.3) is 0 Å². The van der Waals surface area contributed by atoms with Crippen LogP contribution in [-0.4, -0.2) is 71.6 Å². The minimum absolute atomic E-state index is 0.0754. The van der Waals surface area contributed by atoms with Crippen molar-refractivity contribution in [3.63, 3.8) is 0 Å². The zero-order chi connectivity index (χ0) is 39.3. The highest BCUT2D eigenvalue weighted by atomic mass is 31.2. The summed E-state index contributed by atoms with van der Waals surface area (Å²) in [7, 11) is -4.73. The number of hydrogen-bond donors (Lipinski definition) is 4. The third kappa shape index (κ3) is 36.2. The average molecular weight is 772 g/mol. The van der Waals surface area contributed by atoms with E-state index in [-0.39, 0.29) is 26.1 Å². The Balaban J connectivity index is 4.51. The lowest BCUT2D eigenvalue weighted by Crippen LogP contribution is -2.34. The molecule has 0 heterocycles. The molecule has 0 fully saturated rings. The van der Waals surface area contributed by atoms with E-state index in [4.69, 9.17) is 29.9 Å². The first kappa shape index (κ1) is 50.4. The standard InChI is InChI=1S/C40H70NO11P/c1-2-3-4-5-6-7-15-18-21-24-27-30-38(43)49-33-36(34-50-53(47,48)51-35-37(41)40(45)46)52-39(44)31-28-25-22-19-16-13-11-9-8-10-12-14-17-20-23-26-29-32-42/h8,10-11,13-14,17,19,22,36-37,42H,2-7,9,12,15-16,18,20-21,23-35,41H2,1H3,(H,45,46)(H,47,48)/b10-8-,13-11-,17-14-,22-19-/t36-,37+/m1/s1. The summed E-state index contributed by atoms with van der Waals surface area (Å²) in [4.78, 5) is 45.7. The van der Waals surface area contributed by atoms with Crippen LogP contribution in [0.1, 0.15) is 148 Å². The van der Waals surface area contributed by atoms with Crippen molar-refractivity contribution in [2.45, 2.75) is 160 Å². The van der Waals surface area contributed by atoms with Gasteiger partial charge in [0.15, 0.2) is 6.10 Å². The van der Waals surface area contributed by atoms with Gasteiger partial charge in [-0.3, -0.25) is 23.4 Å². The van der Waals surface area contributed by atoms with E-state index in [0.717, 1.165) is 64.2 Å². The van der Waals surface area contributed by atoms with E-state index < -0.39 is 51.1 Å². The lowest BCUT2D eigenvalue weighted by molar-refractivity contribution is -0.161. The molecule has 0 spiro atoms. The number of esters is 2. The normalized spacial score (nSPS) is 14.3. The number of carboxylic acid groups (broad SMARTS) is 1. The van der Waals surface area contributed by atoms with E-state index in [0.29, 0.717) is 19.3 Å². The number of nitrogens with two attached hydrogens (primary N) is 1. The fourth-order valence-corrected chi connectivity index (χ4v) is 5.75. The third-order valence-corrected chi connectivity index (χ3v) is 9.09. The molecule has 1 unspecified atom stereocenters. The molecular formula is C40H70NO11P. The van der Waals surface area contributed by atoms with Gasteiger partial charge in [-0.05, 0) is 57.8 Å². The Bertz CT molecular complexity index is 1090. The molecular weight excluding hydrogens is 701 g/mol. The molecule has 5 N–H and O–H groups in total. The Labute approximate surface area is 318 Å². The Hall–Kier alpha value is -2.60. The third-order valence-electron chi connectivity index (χ3n) is 8.13. The lowest BCUT2D eigenvalue weighted by atomic mass is 10.1. The van der Waals surface area contributed by atoms with Gasteiger partial charge in [0, 0.05) is 19.4 Å². The predicted octanol–water partition coefficient (Wildman–Crippen LogP) is 8.81. The van der Waals surface area contributed by atoms with Crippen molar-refractivity contribution in [2.75, 3.05) is 26.4 Å². The first-order valence-electron chi connectivity index (χ1n) is 19.8. The molecule has 53 heavy (non-hydrogen) atoms. The number of aliphatic hydroxyl groups excluding tert-OH is 1. The summed E-state index contributed by atoms with van der Waals surface area (Å²) in [6, 6.07) is -1.53. The van der Waals surface area contributed by atoms with Crippen LogP contribution in [0.5, 0.6) is 0 Å². The molecule has 0 aromatic rings. The number of phosphoric ester groups is 1. The Morgan fingerprint density at radius 1 is 0.623 bits per heavy atom. The zero-order valence-electron chi connectivity index (χ0n) is 32.3. The number of rotatable bonds is 37. The van der Waals surface area contributed by atoms with Crippen molar-refractivity contribution in [3.05, 3.63) is 48.6 Å². The minimum Gasteiger partial charge on any atom is -0.480 e. The van der Waals surface area contributed by atoms with E-state index in [9.17, 15) is 23.8 Å². The molecule has 0 aromatic carbocycles. The maximum Gasteiger partial charge on any atom is 0.472 e. The number of allylic oxidation sites excluding steroid dienone is 8. The van der Waals surface area contributed by atoms with Gasteiger partial charge in [0.1, 0.15) is 12.6 Å². The van der Waals surface area contributed by atoms with Crippen LogP contribution in [0.15, 0.2) is 48.6 Å². The number of unbranched alkanes of at least 4 members (excludes halogenated alkanes) is 14. The Kier molecular flexibility index (Phi) is 34.6. The largest absolute Gasteiger partial charge is 0.480 e. The summed E-state index contributed by atoms with van der Waals surface area (Å²) in [6.45, 7) is 0.721. The van der Waals surface area contributed by atoms with Gasteiger partial charge in [-0.15, -0.1) is 0 Å². The summed E-state index contributed by atoms with van der Waals surface area (Å²) in [5.41, 5.74) is 5.31. The summed E-state index contributed by atoms with van der Waals surface area (Å²) in [5.74, 6) is -2.47. The summed E-state index contributed by atoms with van der Waals surface area (Å²) < 4.78 is 32.5. The number of hydrogen-bond acceptors (Lipinski definition) is 10. The average Bonchev–Trinajstić information content (AvgIpc) is 3.13. The predicted molar refractivity (Wildman–Crippen MR) is 209 cm³/mol. The number of carbonyl (C=O) groups is 3. The van der Waals surface area contributed by atoms with Crippen LogP contribution < -0.4 is 5.73 Å². The molecule has 0 aliphatic rings. The van der Waals surface area contributed by atoms with Gasteiger partial charge < -0.3 is 30.3 Å². The molecule has 0 saturated heterocycles. The maximum atomic E-state index is 12.6. The number of carbonyl (C=O) groups excluding carboxylic acids is 2. The molecule has 306 valence electrons. The fourth-order valence-electron chi connectivity index (χ4n) is 4.98. The van der Waals surface area contributed by atoms with Crippen LogP contribution in [0.4, 0.5) is 0 Å². The molecule has 3 atom stereocenters. The highest BCUT2D eigenvalue weighted by Crippen LogP contribution is 2.43. The van der Waals surface area contributed by atoms with Crippen LogP contribution in [0.3, 0.4) is 0 Å². The van der Waals surface area contributed by atoms with Gasteiger partial charge >= 0.3 is 25.7 Å². The molecule has 0 aromatic heterocycles. The topological polar surface area (TPSA) is 192 Å². The second-order valence-corrected chi connectivity index (χ2v) is 14.6. The van der Waals surface area contributed by atoms with Crippen molar-refractivity contribution in [1.82, 2.24) is 0 Å². The van der Waals surface area contributed by atoms with Crippen molar-refractivity contribution >= 4 is 25.7 Å². The molecule has 0 radical (unpaired) electrons. The molecule has 12 nitrogen and oxygen atoms in total. The SMILES string of the molecule is CCCCCCCCCCCCCC(=O)OC[C@H](COP(=O)(O)OC[C@H](N)C(=O)O)OC(=O)CCC/C=C\C/C=C\C/C=C\C/C=C\CCCCCO. The van der Waals surface area contributed by atoms with Crippen LogP contribution in [0, 0.1) is 0 Å². The van der Waals surface area contributed by atoms with E-state index in [2.05, 4.69) is 47.9 Å². The Morgan fingerprint density at radius 2 is 1.09 bits per heavy atom. The van der Waals surface area contributed by atoms with Crippen molar-refractivity contribution < 1.29 is 52.6 Å². The van der Waals surface area contributed by atoms with Crippen LogP contribution in [0.25, 0.3) is 0 Å². The van der Waals surface area contributed by atoms with Crippen LogP contribution in [0.2, 0.25) is 0 Å². The van der Waals surface area contributed by atoms with Gasteiger partial charge in [0.05, 0.1) is 13.2 Å². The number of ether oxygens (including phenoxy) is 2. The second kappa shape index (κ2) is 36.4. The first-order chi connectivity index (χ1) is 25.6. The molecule has 0 aliphatic carbocycles. The molecule has 0 amide bonds. The number of carboxylic acids is 1. The van der Waals surface area contributed by atoms with Crippen molar-refractivity contribution in [3.8, 4) is 0 Å². The minimum atomic E-state index is -4.73. The number of aliphatic carboxylic acids is 1. The number of aliphatic hydroxyl groups is 1. The second-order valence-electron chi connectivity index (χ2n) is 13.1. The summed E-state index contributed by atoms with van der Waals surface area (Å²) in [6.07, 6.45) is 36.3. The molecule has 0 bridgehead atoms. The molecule has 0 rings (SSSR count). The van der Waals surface area contributed by atoms with Crippen molar-refractivity contribution in [2.24, 2.45) is 5.73 Å². The maximum absolute atomic E-state index is 12.6. The lowest BCUT2D eigenvalue weighted by Gasteiger charge is -2.20. The van der Waals surface area contributed by atoms with Crippen LogP contribution >= 0.6 is 7.82 Å². The molecule has 13 heteroatoms. The van der Waals surface area contributed by atoms with E-state index in [1.807, 2.05) is 12.2 Å². The van der Waals surface area contributed by atoms with E-state index in [1.165, 1.54) is 44.9 Å². The number of phosphoric acid groups is 1. The fraction of sp³-hybridized carbons (Fsp3) is 0.725. The highest BCUT2D eigenvalue weighted by molar-refractivity contribution is 7.47. The van der Waals surface area contributed by atoms with Gasteiger partial charge in [-0.1, -0.05) is 126 Å². The highest BCUT2D eigenvalue weighted by Gasteiger charge is 2.28. The zero-order valence-corrected chi connectivity index (χ0v) is 33.2. The van der Waals surface area contributed by atoms with Crippen molar-refractivity contribution in [1.29, 1.82) is 0 Å². The van der Waals surface area contributed by atoms with E-state index in [1.54, 1.807) is 0 Å². The summed E-state index contributed by atoms with van der Waals surface area (Å²) >= 11 is 0. The molecule has 0 saturated carbocycles. The van der Waals surface area contributed by atoms with Gasteiger partial charge in [-0.25, -0.2) is 4.57 Å². The molecule has 0 aliphatic heterocycles. The smallest absolute Gasteiger partial charge is 0.472 e. The quantitative estimate of drug-likeness (QED) is 0.0203. The van der Waals surface area contributed by atoms with E-state index >= 15 is 0 Å². The van der Waals surface area contributed by atoms with Crippen LogP contribution in [-0.2, 0) is 37.5 Å². The van der Waals surface area contributed by atoms with Gasteiger partial charge in [0.2, 0.25) is 0 Å². The van der Waals surface area contributed by atoms with Gasteiger partial charge in [-0.2, -0.15) is 0 Å².